The summed E-state index contributed by atoms with van der Waals surface area (Å²) in [7, 11) is 0. The monoisotopic (exact) mass is 266 g/mol. The number of hydrogen-bond acceptors (Lipinski definition) is 5. The maximum atomic E-state index is 5.59. The molecule has 1 heterocycles. The van der Waals surface area contributed by atoms with E-state index in [-0.39, 0.29) is 6.04 Å². The van der Waals surface area contributed by atoms with E-state index in [9.17, 15) is 0 Å². The number of hydrogen-bond donors (Lipinski definition) is 2. The summed E-state index contributed by atoms with van der Waals surface area (Å²) in [5.74, 6) is 1.53. The molecule has 0 saturated heterocycles. The highest BCUT2D eigenvalue weighted by atomic mass is 16.4. The fourth-order valence-corrected chi connectivity index (χ4v) is 2.73. The van der Waals surface area contributed by atoms with Crippen molar-refractivity contribution in [3.63, 3.8) is 0 Å². The van der Waals surface area contributed by atoms with Gasteiger partial charge in [-0.3, -0.25) is 0 Å². The lowest BCUT2D eigenvalue weighted by Gasteiger charge is -2.21. The van der Waals surface area contributed by atoms with Crippen molar-refractivity contribution in [2.45, 2.75) is 58.4 Å². The van der Waals surface area contributed by atoms with Crippen LogP contribution in [-0.2, 0) is 0 Å². The van der Waals surface area contributed by atoms with Crippen LogP contribution in [0.3, 0.4) is 0 Å². The number of nitrogens with zero attached hydrogens (tertiary/aromatic N) is 2. The van der Waals surface area contributed by atoms with E-state index in [0.29, 0.717) is 11.9 Å². The zero-order chi connectivity index (χ0) is 13.5. The van der Waals surface area contributed by atoms with Crippen molar-refractivity contribution in [2.75, 3.05) is 18.4 Å². The molecule has 0 bridgehead atoms. The van der Waals surface area contributed by atoms with Crippen LogP contribution in [0.5, 0.6) is 0 Å². The van der Waals surface area contributed by atoms with Gasteiger partial charge in [0.25, 0.3) is 0 Å². The third kappa shape index (κ3) is 4.49. The number of aromatic nitrogens is 2. The first-order valence-electron chi connectivity index (χ1n) is 7.60. The molecule has 2 rings (SSSR count). The van der Waals surface area contributed by atoms with Crippen LogP contribution in [0.4, 0.5) is 6.01 Å². The maximum Gasteiger partial charge on any atom is 0.315 e. The number of nitrogens with one attached hydrogen (secondary N) is 2. The van der Waals surface area contributed by atoms with Crippen molar-refractivity contribution in [3.8, 4) is 0 Å². The van der Waals surface area contributed by atoms with Crippen LogP contribution in [0.1, 0.15) is 64.3 Å². The van der Waals surface area contributed by atoms with Gasteiger partial charge in [0.1, 0.15) is 0 Å². The lowest BCUT2D eigenvalue weighted by Crippen LogP contribution is -2.17. The van der Waals surface area contributed by atoms with Crippen molar-refractivity contribution in [3.05, 3.63) is 5.89 Å². The predicted molar refractivity (Wildman–Crippen MR) is 76.1 cm³/mol. The van der Waals surface area contributed by atoms with Crippen LogP contribution >= 0.6 is 0 Å². The van der Waals surface area contributed by atoms with Gasteiger partial charge in [-0.05, 0) is 25.8 Å². The Morgan fingerprint density at radius 1 is 1.26 bits per heavy atom. The van der Waals surface area contributed by atoms with E-state index in [1.165, 1.54) is 38.5 Å². The Hall–Kier alpha value is -1.10. The molecule has 0 radical (unpaired) electrons. The van der Waals surface area contributed by atoms with E-state index in [4.69, 9.17) is 4.42 Å². The highest BCUT2D eigenvalue weighted by Crippen LogP contribution is 2.26. The molecular formula is C14H26N4O. The molecule has 1 aromatic heterocycles. The van der Waals surface area contributed by atoms with Crippen molar-refractivity contribution >= 4 is 6.01 Å². The fraction of sp³-hybridized carbons (Fsp3) is 0.857. The Bertz CT molecular complexity index is 360. The first-order chi connectivity index (χ1) is 9.29. The number of anilines is 1. The van der Waals surface area contributed by atoms with Crippen molar-refractivity contribution in [1.29, 1.82) is 0 Å². The average molecular weight is 266 g/mol. The van der Waals surface area contributed by atoms with E-state index >= 15 is 0 Å². The summed E-state index contributed by atoms with van der Waals surface area (Å²) >= 11 is 0. The molecular weight excluding hydrogens is 240 g/mol. The molecule has 1 aromatic rings. The third-order valence-electron chi connectivity index (χ3n) is 3.87. The molecule has 108 valence electrons. The predicted octanol–water partition coefficient (Wildman–Crippen LogP) is 3.12. The second kappa shape index (κ2) is 7.48. The Morgan fingerprint density at radius 2 is 2.05 bits per heavy atom. The van der Waals surface area contributed by atoms with Gasteiger partial charge in [-0.25, -0.2) is 0 Å². The van der Waals surface area contributed by atoms with Crippen molar-refractivity contribution < 1.29 is 4.42 Å². The zero-order valence-corrected chi connectivity index (χ0v) is 12.1. The van der Waals surface area contributed by atoms with Crippen LogP contribution in [0, 0.1) is 5.92 Å². The molecule has 1 atom stereocenters. The van der Waals surface area contributed by atoms with Gasteiger partial charge < -0.3 is 15.1 Å². The van der Waals surface area contributed by atoms with Gasteiger partial charge in [0.05, 0.1) is 6.04 Å². The molecule has 1 fully saturated rings. The molecule has 0 aromatic carbocycles. The zero-order valence-electron chi connectivity index (χ0n) is 12.1. The Morgan fingerprint density at radius 3 is 2.79 bits per heavy atom. The molecule has 1 aliphatic carbocycles. The normalized spacial score (nSPS) is 18.4. The third-order valence-corrected chi connectivity index (χ3v) is 3.87. The van der Waals surface area contributed by atoms with Crippen LogP contribution in [0.25, 0.3) is 0 Å². The van der Waals surface area contributed by atoms with Crippen LogP contribution in [-0.4, -0.2) is 23.3 Å². The summed E-state index contributed by atoms with van der Waals surface area (Å²) in [5, 5.41) is 14.6. The summed E-state index contributed by atoms with van der Waals surface area (Å²) in [4.78, 5) is 0. The van der Waals surface area contributed by atoms with Crippen molar-refractivity contribution in [1.82, 2.24) is 15.5 Å². The lowest BCUT2D eigenvalue weighted by atomic mass is 9.87. The van der Waals surface area contributed by atoms with E-state index in [1.54, 1.807) is 0 Å². The summed E-state index contributed by atoms with van der Waals surface area (Å²) in [6.45, 7) is 5.93. The van der Waals surface area contributed by atoms with Crippen LogP contribution in [0.15, 0.2) is 4.42 Å². The first-order valence-corrected chi connectivity index (χ1v) is 7.60. The SMILES string of the molecule is CCNC(C)c1nnc(NCCC2CCCCC2)o1. The Balaban J connectivity index is 1.70. The standard InChI is InChI=1S/C14H26N4O/c1-3-15-11(2)13-17-18-14(19-13)16-10-9-12-7-5-4-6-8-12/h11-12,15H,3-10H2,1-2H3,(H,16,18). The average Bonchev–Trinajstić information content (AvgIpc) is 2.89. The second-order valence-electron chi connectivity index (χ2n) is 5.44. The summed E-state index contributed by atoms with van der Waals surface area (Å²) in [6.07, 6.45) is 8.19. The van der Waals surface area contributed by atoms with Gasteiger partial charge in [-0.1, -0.05) is 44.1 Å². The summed E-state index contributed by atoms with van der Waals surface area (Å²) < 4.78 is 5.59. The highest BCUT2D eigenvalue weighted by molar-refractivity contribution is 5.17. The van der Waals surface area contributed by atoms with E-state index in [1.807, 2.05) is 6.92 Å². The topological polar surface area (TPSA) is 63.0 Å². The van der Waals surface area contributed by atoms with Crippen molar-refractivity contribution in [2.24, 2.45) is 5.92 Å². The molecule has 5 nitrogen and oxygen atoms in total. The molecule has 0 spiro atoms. The number of rotatable bonds is 7. The van der Waals surface area contributed by atoms with E-state index < -0.39 is 0 Å². The maximum absolute atomic E-state index is 5.59. The van der Waals surface area contributed by atoms with Gasteiger partial charge >= 0.3 is 6.01 Å². The largest absolute Gasteiger partial charge is 0.406 e. The molecule has 5 heteroatoms. The van der Waals surface area contributed by atoms with Gasteiger partial charge in [0.2, 0.25) is 5.89 Å². The van der Waals surface area contributed by atoms with Gasteiger partial charge in [-0.15, -0.1) is 5.10 Å². The Kier molecular flexibility index (Phi) is 5.63. The first kappa shape index (κ1) is 14.3. The van der Waals surface area contributed by atoms with Gasteiger partial charge in [0.15, 0.2) is 0 Å². The molecule has 1 unspecified atom stereocenters. The smallest absolute Gasteiger partial charge is 0.315 e. The molecule has 0 aliphatic heterocycles. The van der Waals surface area contributed by atoms with E-state index in [0.717, 1.165) is 19.0 Å². The molecule has 1 aliphatic rings. The molecule has 0 amide bonds. The Labute approximate surface area is 115 Å². The fourth-order valence-electron chi connectivity index (χ4n) is 2.73. The van der Waals surface area contributed by atoms with Gasteiger partial charge in [0, 0.05) is 6.54 Å². The quantitative estimate of drug-likeness (QED) is 0.794. The van der Waals surface area contributed by atoms with Crippen LogP contribution < -0.4 is 10.6 Å². The summed E-state index contributed by atoms with van der Waals surface area (Å²) in [5.41, 5.74) is 0. The second-order valence-corrected chi connectivity index (χ2v) is 5.44. The summed E-state index contributed by atoms with van der Waals surface area (Å²) in [6, 6.07) is 0.668. The lowest BCUT2D eigenvalue weighted by molar-refractivity contribution is 0.344. The van der Waals surface area contributed by atoms with Crippen LogP contribution in [0.2, 0.25) is 0 Å². The molecule has 2 N–H and O–H groups in total. The van der Waals surface area contributed by atoms with E-state index in [2.05, 4.69) is 27.8 Å². The minimum Gasteiger partial charge on any atom is -0.406 e. The van der Waals surface area contributed by atoms with Gasteiger partial charge in [-0.2, -0.15) is 0 Å². The minimum atomic E-state index is 0.117. The molecule has 19 heavy (non-hydrogen) atoms. The molecule has 1 saturated carbocycles. The highest BCUT2D eigenvalue weighted by Gasteiger charge is 2.15. The minimum absolute atomic E-state index is 0.117.